The number of rotatable bonds is 10. The summed E-state index contributed by atoms with van der Waals surface area (Å²) < 4.78 is 31.4. The van der Waals surface area contributed by atoms with Gasteiger partial charge in [-0.25, -0.2) is 0 Å². The SMILES string of the molecule is OC[C@@]12OC[C@@H](O1)[C@@H](OCc1ccccc1)[C@H](OCc1ccccc1)[C@@H]2OCc1ccccc1. The third-order valence-corrected chi connectivity index (χ3v) is 6.33. The molecule has 2 aliphatic rings. The van der Waals surface area contributed by atoms with Crippen molar-refractivity contribution < 1.29 is 28.8 Å². The van der Waals surface area contributed by atoms with E-state index in [1.807, 2.05) is 91.0 Å². The van der Waals surface area contributed by atoms with Crippen molar-refractivity contribution in [1.82, 2.24) is 0 Å². The molecule has 2 saturated heterocycles. The molecule has 0 aliphatic carbocycles. The van der Waals surface area contributed by atoms with Gasteiger partial charge in [0, 0.05) is 0 Å². The van der Waals surface area contributed by atoms with Gasteiger partial charge in [-0.05, 0) is 16.7 Å². The minimum atomic E-state index is -1.28. The van der Waals surface area contributed by atoms with E-state index in [2.05, 4.69) is 0 Å². The van der Waals surface area contributed by atoms with E-state index in [4.69, 9.17) is 23.7 Å². The second-order valence-corrected chi connectivity index (χ2v) is 8.68. The lowest BCUT2D eigenvalue weighted by atomic mass is 9.94. The third-order valence-electron chi connectivity index (χ3n) is 6.33. The molecule has 3 aromatic carbocycles. The Morgan fingerprint density at radius 3 is 1.65 bits per heavy atom. The third kappa shape index (κ3) is 5.08. The van der Waals surface area contributed by atoms with Crippen LogP contribution in [0.2, 0.25) is 0 Å². The summed E-state index contributed by atoms with van der Waals surface area (Å²) in [6, 6.07) is 29.9. The van der Waals surface area contributed by atoms with Crippen molar-refractivity contribution in [1.29, 1.82) is 0 Å². The van der Waals surface area contributed by atoms with E-state index in [9.17, 15) is 5.11 Å². The minimum Gasteiger partial charge on any atom is -0.391 e. The highest BCUT2D eigenvalue weighted by Crippen LogP contribution is 2.42. The summed E-state index contributed by atoms with van der Waals surface area (Å²) in [5.74, 6) is -1.28. The van der Waals surface area contributed by atoms with Crippen molar-refractivity contribution >= 4 is 0 Å². The Hall–Kier alpha value is -2.58. The van der Waals surface area contributed by atoms with E-state index in [1.165, 1.54) is 0 Å². The first-order valence-corrected chi connectivity index (χ1v) is 11.7. The largest absolute Gasteiger partial charge is 0.391 e. The average Bonchev–Trinajstić information content (AvgIpc) is 3.29. The van der Waals surface area contributed by atoms with Crippen LogP contribution in [-0.2, 0) is 43.5 Å². The first kappa shape index (κ1) is 23.2. The Kier molecular flexibility index (Phi) is 7.35. The van der Waals surface area contributed by atoms with Gasteiger partial charge in [-0.3, -0.25) is 0 Å². The summed E-state index contributed by atoms with van der Waals surface area (Å²) in [6.45, 7) is 1.10. The van der Waals surface area contributed by atoms with Crippen LogP contribution in [0.5, 0.6) is 0 Å². The molecule has 0 radical (unpaired) electrons. The molecule has 6 nitrogen and oxygen atoms in total. The normalized spacial score (nSPS) is 28.1. The molecule has 2 heterocycles. The summed E-state index contributed by atoms with van der Waals surface area (Å²) in [5.41, 5.74) is 3.12. The summed E-state index contributed by atoms with van der Waals surface area (Å²) in [6.07, 6.45) is -1.97. The van der Waals surface area contributed by atoms with Gasteiger partial charge in [-0.2, -0.15) is 0 Å². The van der Waals surface area contributed by atoms with Crippen LogP contribution in [0.3, 0.4) is 0 Å². The maximum atomic E-state index is 10.3. The van der Waals surface area contributed by atoms with Crippen molar-refractivity contribution in [3.05, 3.63) is 108 Å². The van der Waals surface area contributed by atoms with Gasteiger partial charge in [0.15, 0.2) is 0 Å². The van der Waals surface area contributed by atoms with Gasteiger partial charge < -0.3 is 28.8 Å². The topological polar surface area (TPSA) is 66.4 Å². The lowest BCUT2D eigenvalue weighted by Crippen LogP contribution is -2.64. The molecular formula is C28H30O6. The van der Waals surface area contributed by atoms with Gasteiger partial charge in [0.1, 0.15) is 31.0 Å². The van der Waals surface area contributed by atoms with Crippen LogP contribution in [0.4, 0.5) is 0 Å². The zero-order chi connectivity index (χ0) is 23.2. The van der Waals surface area contributed by atoms with Crippen LogP contribution >= 0.6 is 0 Å². The summed E-state index contributed by atoms with van der Waals surface area (Å²) >= 11 is 0. The Bertz CT molecular complexity index is 1010. The molecule has 178 valence electrons. The molecule has 5 atom stereocenters. The van der Waals surface area contributed by atoms with Crippen LogP contribution in [0.1, 0.15) is 16.7 Å². The molecule has 2 aliphatic heterocycles. The molecule has 34 heavy (non-hydrogen) atoms. The highest BCUT2D eigenvalue weighted by atomic mass is 16.8. The molecule has 0 unspecified atom stereocenters. The molecule has 6 heteroatoms. The molecule has 2 bridgehead atoms. The summed E-state index contributed by atoms with van der Waals surface area (Å²) in [5, 5.41) is 10.3. The fourth-order valence-electron chi connectivity index (χ4n) is 4.57. The van der Waals surface area contributed by atoms with Crippen LogP contribution in [0.25, 0.3) is 0 Å². The zero-order valence-corrected chi connectivity index (χ0v) is 19.0. The molecule has 5 rings (SSSR count). The first-order chi connectivity index (χ1) is 16.8. The van der Waals surface area contributed by atoms with Gasteiger partial charge in [0.05, 0.1) is 26.4 Å². The monoisotopic (exact) mass is 462 g/mol. The van der Waals surface area contributed by atoms with Gasteiger partial charge in [0.2, 0.25) is 5.79 Å². The smallest absolute Gasteiger partial charge is 0.222 e. The van der Waals surface area contributed by atoms with Gasteiger partial charge in [0.25, 0.3) is 0 Å². The zero-order valence-electron chi connectivity index (χ0n) is 19.0. The maximum Gasteiger partial charge on any atom is 0.222 e. The summed E-state index contributed by atoms with van der Waals surface area (Å²) in [4.78, 5) is 0. The van der Waals surface area contributed by atoms with Crippen LogP contribution < -0.4 is 0 Å². The Labute approximate surface area is 200 Å². The van der Waals surface area contributed by atoms with Gasteiger partial charge >= 0.3 is 0 Å². The first-order valence-electron chi connectivity index (χ1n) is 11.7. The molecule has 0 amide bonds. The van der Waals surface area contributed by atoms with Crippen LogP contribution in [-0.4, -0.2) is 48.5 Å². The highest BCUT2D eigenvalue weighted by molar-refractivity contribution is 5.16. The number of hydrogen-bond acceptors (Lipinski definition) is 6. The fraction of sp³-hybridized carbons (Fsp3) is 0.357. The molecule has 3 aromatic rings. The molecule has 1 N–H and O–H groups in total. The van der Waals surface area contributed by atoms with Crippen LogP contribution in [0.15, 0.2) is 91.0 Å². The Morgan fingerprint density at radius 2 is 1.15 bits per heavy atom. The molecular weight excluding hydrogens is 432 g/mol. The van der Waals surface area contributed by atoms with E-state index < -0.39 is 24.1 Å². The van der Waals surface area contributed by atoms with Crippen molar-refractivity contribution in [2.45, 2.75) is 50.0 Å². The van der Waals surface area contributed by atoms with E-state index >= 15 is 0 Å². The van der Waals surface area contributed by atoms with Crippen molar-refractivity contribution in [3.63, 3.8) is 0 Å². The second kappa shape index (κ2) is 10.8. The molecule has 2 fully saturated rings. The fourth-order valence-corrected chi connectivity index (χ4v) is 4.57. The second-order valence-electron chi connectivity index (χ2n) is 8.68. The van der Waals surface area contributed by atoms with Gasteiger partial charge in [-0.15, -0.1) is 0 Å². The predicted molar refractivity (Wildman–Crippen MR) is 126 cm³/mol. The number of aliphatic hydroxyl groups is 1. The summed E-state index contributed by atoms with van der Waals surface area (Å²) in [7, 11) is 0. The molecule has 0 spiro atoms. The van der Waals surface area contributed by atoms with E-state index in [0.29, 0.717) is 26.4 Å². The Balaban J connectivity index is 1.40. The number of ether oxygens (including phenoxy) is 5. The quantitative estimate of drug-likeness (QED) is 0.494. The van der Waals surface area contributed by atoms with Gasteiger partial charge in [-0.1, -0.05) is 91.0 Å². The molecule has 0 saturated carbocycles. The van der Waals surface area contributed by atoms with Crippen molar-refractivity contribution in [3.8, 4) is 0 Å². The predicted octanol–water partition coefficient (Wildman–Crippen LogP) is 3.86. The average molecular weight is 463 g/mol. The van der Waals surface area contributed by atoms with E-state index in [-0.39, 0.29) is 12.7 Å². The van der Waals surface area contributed by atoms with Crippen LogP contribution in [0, 0.1) is 0 Å². The lowest BCUT2D eigenvalue weighted by molar-refractivity contribution is -0.330. The standard InChI is InChI=1S/C28H30O6/c29-20-28-27(32-18-23-14-8-3-9-15-23)26(31-17-22-12-6-2-7-13-22)25(24(34-28)19-33-28)30-16-21-10-4-1-5-11-21/h1-15,24-27,29H,16-20H2/t24-,25-,26+,27+,28-/m1/s1. The number of benzene rings is 3. The number of aliphatic hydroxyl groups excluding tert-OH is 1. The minimum absolute atomic E-state index is 0.302. The maximum absolute atomic E-state index is 10.3. The lowest BCUT2D eigenvalue weighted by Gasteiger charge is -2.45. The number of fused-ring (bicyclic) bond motifs is 2. The van der Waals surface area contributed by atoms with Crippen molar-refractivity contribution in [2.24, 2.45) is 0 Å². The highest BCUT2D eigenvalue weighted by Gasteiger charge is 2.61. The van der Waals surface area contributed by atoms with E-state index in [0.717, 1.165) is 16.7 Å². The molecule has 0 aromatic heterocycles. The Morgan fingerprint density at radius 1 is 0.676 bits per heavy atom. The van der Waals surface area contributed by atoms with E-state index in [1.54, 1.807) is 0 Å². The van der Waals surface area contributed by atoms with Crippen molar-refractivity contribution in [2.75, 3.05) is 13.2 Å². The number of hydrogen-bond donors (Lipinski definition) is 1.